The van der Waals surface area contributed by atoms with Crippen LogP contribution in [-0.2, 0) is 17.8 Å². The summed E-state index contributed by atoms with van der Waals surface area (Å²) < 4.78 is 5.69. The summed E-state index contributed by atoms with van der Waals surface area (Å²) in [7, 11) is 0. The number of rotatable bonds is 5. The number of hydrogen-bond donors (Lipinski definition) is 1. The molecule has 0 bridgehead atoms. The van der Waals surface area contributed by atoms with Gasteiger partial charge < -0.3 is 15.0 Å². The van der Waals surface area contributed by atoms with Gasteiger partial charge in [-0.2, -0.15) is 5.26 Å². The number of nitrogens with one attached hydrogen (secondary N) is 1. The van der Waals surface area contributed by atoms with Gasteiger partial charge in [-0.3, -0.25) is 9.59 Å². The number of nitriles is 1. The van der Waals surface area contributed by atoms with Crippen molar-refractivity contribution in [1.82, 2.24) is 4.90 Å². The van der Waals surface area contributed by atoms with Gasteiger partial charge in [0, 0.05) is 29.2 Å². The summed E-state index contributed by atoms with van der Waals surface area (Å²) in [5.41, 5.74) is 3.56. The van der Waals surface area contributed by atoms with Crippen LogP contribution in [0.15, 0.2) is 53.9 Å². The van der Waals surface area contributed by atoms with E-state index in [1.54, 1.807) is 60.7 Å². The lowest BCUT2D eigenvalue weighted by Crippen LogP contribution is -2.36. The SMILES string of the molecule is Cc1c(NC(=O)C(C)Oc2cccc(C#N)c2)cccc1C(=O)N1CCc2sccc2C1. The van der Waals surface area contributed by atoms with Crippen molar-refractivity contribution in [1.29, 1.82) is 5.26 Å². The third-order valence-electron chi connectivity index (χ3n) is 5.56. The lowest BCUT2D eigenvalue weighted by Gasteiger charge is -2.28. The second-order valence-electron chi connectivity index (χ2n) is 7.71. The van der Waals surface area contributed by atoms with E-state index in [-0.39, 0.29) is 11.8 Å². The number of carbonyl (C=O) groups is 2. The average molecular weight is 446 g/mol. The number of anilines is 1. The molecular weight excluding hydrogens is 422 g/mol. The summed E-state index contributed by atoms with van der Waals surface area (Å²) in [6, 6.07) is 16.1. The van der Waals surface area contributed by atoms with Crippen LogP contribution >= 0.6 is 11.3 Å². The molecule has 1 unspecified atom stereocenters. The predicted molar refractivity (Wildman–Crippen MR) is 124 cm³/mol. The van der Waals surface area contributed by atoms with E-state index in [1.807, 2.05) is 17.9 Å². The highest BCUT2D eigenvalue weighted by molar-refractivity contribution is 7.10. The molecule has 4 rings (SSSR count). The van der Waals surface area contributed by atoms with Gasteiger partial charge in [0.05, 0.1) is 11.6 Å². The number of amides is 2. The number of benzene rings is 2. The third-order valence-corrected chi connectivity index (χ3v) is 6.59. The Morgan fingerprint density at radius 1 is 1.22 bits per heavy atom. The van der Waals surface area contributed by atoms with Crippen LogP contribution < -0.4 is 10.1 Å². The minimum absolute atomic E-state index is 0.0342. The Morgan fingerprint density at radius 2 is 2.03 bits per heavy atom. The van der Waals surface area contributed by atoms with E-state index in [2.05, 4.69) is 16.8 Å². The molecule has 0 radical (unpaired) electrons. The van der Waals surface area contributed by atoms with Gasteiger partial charge in [0.15, 0.2) is 6.10 Å². The fraction of sp³-hybridized carbons (Fsp3) is 0.240. The molecule has 1 N–H and O–H groups in total. The zero-order valence-corrected chi connectivity index (χ0v) is 18.7. The number of hydrogen-bond acceptors (Lipinski definition) is 5. The molecular formula is C25H23N3O3S. The molecule has 1 aliphatic heterocycles. The highest BCUT2D eigenvalue weighted by atomic mass is 32.1. The molecule has 6 nitrogen and oxygen atoms in total. The number of ether oxygens (including phenoxy) is 1. The molecule has 0 saturated heterocycles. The summed E-state index contributed by atoms with van der Waals surface area (Å²) >= 11 is 1.74. The number of fused-ring (bicyclic) bond motifs is 1. The predicted octanol–water partition coefficient (Wildman–Crippen LogP) is 4.53. The topological polar surface area (TPSA) is 82.4 Å². The van der Waals surface area contributed by atoms with Gasteiger partial charge in [-0.05, 0) is 73.2 Å². The van der Waals surface area contributed by atoms with Crippen LogP contribution in [-0.4, -0.2) is 29.4 Å². The Hall–Kier alpha value is -3.63. The number of nitrogens with zero attached hydrogens (tertiary/aromatic N) is 2. The third kappa shape index (κ3) is 4.51. The smallest absolute Gasteiger partial charge is 0.265 e. The van der Waals surface area contributed by atoms with Gasteiger partial charge >= 0.3 is 0 Å². The molecule has 0 spiro atoms. The average Bonchev–Trinajstić information content (AvgIpc) is 3.28. The Labute approximate surface area is 191 Å². The van der Waals surface area contributed by atoms with Gasteiger partial charge in [0.1, 0.15) is 5.75 Å². The molecule has 162 valence electrons. The molecule has 0 saturated carbocycles. The first kappa shape index (κ1) is 21.6. The second-order valence-corrected chi connectivity index (χ2v) is 8.71. The van der Waals surface area contributed by atoms with Gasteiger partial charge in [-0.1, -0.05) is 12.1 Å². The normalized spacial score (nSPS) is 13.6. The van der Waals surface area contributed by atoms with Crippen LogP contribution in [0.2, 0.25) is 0 Å². The van der Waals surface area contributed by atoms with E-state index >= 15 is 0 Å². The molecule has 3 aromatic rings. The summed E-state index contributed by atoms with van der Waals surface area (Å²) in [6.45, 7) is 4.78. The molecule has 7 heteroatoms. The Morgan fingerprint density at radius 3 is 2.84 bits per heavy atom. The lowest BCUT2D eigenvalue weighted by atomic mass is 10.0. The van der Waals surface area contributed by atoms with Crippen molar-refractivity contribution in [3.63, 3.8) is 0 Å². The van der Waals surface area contributed by atoms with Gasteiger partial charge in [-0.15, -0.1) is 11.3 Å². The van der Waals surface area contributed by atoms with Crippen molar-refractivity contribution in [3.05, 3.63) is 81.0 Å². The molecule has 2 aromatic carbocycles. The van der Waals surface area contributed by atoms with Crippen LogP contribution in [0, 0.1) is 18.3 Å². The number of carbonyl (C=O) groups excluding carboxylic acids is 2. The van der Waals surface area contributed by atoms with E-state index in [1.165, 1.54) is 10.4 Å². The quantitative estimate of drug-likeness (QED) is 0.625. The summed E-state index contributed by atoms with van der Waals surface area (Å²) in [6.07, 6.45) is 0.0950. The maximum absolute atomic E-state index is 13.2. The van der Waals surface area contributed by atoms with E-state index in [0.717, 1.165) is 12.0 Å². The van der Waals surface area contributed by atoms with E-state index in [9.17, 15) is 9.59 Å². The van der Waals surface area contributed by atoms with Crippen molar-refractivity contribution in [2.24, 2.45) is 0 Å². The van der Waals surface area contributed by atoms with Gasteiger partial charge in [0.2, 0.25) is 0 Å². The fourth-order valence-corrected chi connectivity index (χ4v) is 4.62. The van der Waals surface area contributed by atoms with Crippen molar-refractivity contribution in [3.8, 4) is 11.8 Å². The van der Waals surface area contributed by atoms with Crippen LogP contribution in [0.25, 0.3) is 0 Å². The molecule has 1 aromatic heterocycles. The highest BCUT2D eigenvalue weighted by Crippen LogP contribution is 2.27. The van der Waals surface area contributed by atoms with E-state index in [0.29, 0.717) is 35.7 Å². The summed E-state index contributed by atoms with van der Waals surface area (Å²) in [5.74, 6) is 0.0826. The maximum atomic E-state index is 13.2. The van der Waals surface area contributed by atoms with Crippen molar-refractivity contribution in [2.75, 3.05) is 11.9 Å². The van der Waals surface area contributed by atoms with Crippen LogP contribution in [0.5, 0.6) is 5.75 Å². The molecule has 0 aliphatic carbocycles. The molecule has 32 heavy (non-hydrogen) atoms. The first-order valence-electron chi connectivity index (χ1n) is 10.4. The summed E-state index contributed by atoms with van der Waals surface area (Å²) in [5, 5.41) is 14.0. The zero-order chi connectivity index (χ0) is 22.7. The van der Waals surface area contributed by atoms with E-state index < -0.39 is 6.10 Å². The van der Waals surface area contributed by atoms with Gasteiger partial charge in [-0.25, -0.2) is 0 Å². The van der Waals surface area contributed by atoms with Crippen molar-refractivity contribution < 1.29 is 14.3 Å². The molecule has 1 aliphatic rings. The van der Waals surface area contributed by atoms with Crippen LogP contribution in [0.1, 0.15) is 38.8 Å². The molecule has 0 fully saturated rings. The van der Waals surface area contributed by atoms with Gasteiger partial charge in [0.25, 0.3) is 11.8 Å². The second kappa shape index (κ2) is 9.25. The molecule has 2 amide bonds. The Kier molecular flexibility index (Phi) is 6.24. The monoisotopic (exact) mass is 445 g/mol. The van der Waals surface area contributed by atoms with Crippen LogP contribution in [0.4, 0.5) is 5.69 Å². The largest absolute Gasteiger partial charge is 0.481 e. The van der Waals surface area contributed by atoms with Crippen molar-refractivity contribution >= 4 is 28.8 Å². The minimum Gasteiger partial charge on any atom is -0.481 e. The highest BCUT2D eigenvalue weighted by Gasteiger charge is 2.25. The molecule has 2 heterocycles. The molecule has 1 atom stereocenters. The Bertz CT molecular complexity index is 1210. The lowest BCUT2D eigenvalue weighted by molar-refractivity contribution is -0.122. The van der Waals surface area contributed by atoms with Crippen LogP contribution in [0.3, 0.4) is 0 Å². The first-order chi connectivity index (χ1) is 15.5. The minimum atomic E-state index is -0.776. The fourth-order valence-electron chi connectivity index (χ4n) is 3.73. The summed E-state index contributed by atoms with van der Waals surface area (Å²) in [4.78, 5) is 29.1. The first-order valence-corrected chi connectivity index (χ1v) is 11.3. The van der Waals surface area contributed by atoms with Crippen molar-refractivity contribution in [2.45, 2.75) is 32.9 Å². The zero-order valence-electron chi connectivity index (χ0n) is 17.9. The van der Waals surface area contributed by atoms with E-state index in [4.69, 9.17) is 10.00 Å². The Balaban J connectivity index is 1.45. The maximum Gasteiger partial charge on any atom is 0.265 e. The standard InChI is InChI=1S/C25H23N3O3S/c1-16-21(25(30)28-11-9-23-19(15-28)10-12-32-23)7-4-8-22(16)27-24(29)17(2)31-20-6-3-5-18(13-20)14-26/h3-8,10,12-13,17H,9,11,15H2,1-2H3,(H,27,29). The number of thiophene rings is 1.